The monoisotopic (exact) mass is 382 g/mol. The van der Waals surface area contributed by atoms with E-state index in [4.69, 9.17) is 9.47 Å². The Hall–Kier alpha value is -2.59. The third kappa shape index (κ3) is 6.37. The average Bonchev–Trinajstić information content (AvgIpc) is 2.43. The zero-order valence-electron chi connectivity index (χ0n) is 14.3. The lowest BCUT2D eigenvalue weighted by Gasteiger charge is -2.20. The van der Waals surface area contributed by atoms with Crippen molar-refractivity contribution < 1.29 is 36.8 Å². The SMILES string of the molecule is CC(C)(C)OC(=O)Nc1cc(OCCCF)c(C(F)(F)F)cc1[N+](=O)[O-]. The molecule has 1 N–H and O–H groups in total. The van der Waals surface area contributed by atoms with E-state index in [0.29, 0.717) is 6.07 Å². The van der Waals surface area contributed by atoms with Crippen molar-refractivity contribution in [2.45, 2.75) is 39.0 Å². The largest absolute Gasteiger partial charge is 0.493 e. The summed E-state index contributed by atoms with van der Waals surface area (Å²) in [6.45, 7) is 3.44. The number of anilines is 1. The van der Waals surface area contributed by atoms with Gasteiger partial charge in [-0.25, -0.2) is 4.79 Å². The highest BCUT2D eigenvalue weighted by Crippen LogP contribution is 2.42. The summed E-state index contributed by atoms with van der Waals surface area (Å²) < 4.78 is 61.3. The van der Waals surface area contributed by atoms with Gasteiger partial charge < -0.3 is 9.47 Å². The van der Waals surface area contributed by atoms with Crippen LogP contribution in [0.1, 0.15) is 32.8 Å². The molecule has 0 saturated heterocycles. The van der Waals surface area contributed by atoms with Crippen molar-refractivity contribution in [2.75, 3.05) is 18.6 Å². The summed E-state index contributed by atoms with van der Waals surface area (Å²) in [5.74, 6) is -0.761. The van der Waals surface area contributed by atoms with E-state index >= 15 is 0 Å². The molecule has 1 aromatic rings. The number of nitrogens with zero attached hydrogens (tertiary/aromatic N) is 1. The predicted octanol–water partition coefficient (Wildman–Crippen LogP) is 4.70. The Morgan fingerprint density at radius 1 is 1.27 bits per heavy atom. The molecule has 0 atom stereocenters. The second kappa shape index (κ2) is 8.19. The van der Waals surface area contributed by atoms with Crippen molar-refractivity contribution in [1.82, 2.24) is 0 Å². The minimum Gasteiger partial charge on any atom is -0.493 e. The molecular weight excluding hydrogens is 364 g/mol. The normalized spacial score (nSPS) is 11.8. The van der Waals surface area contributed by atoms with Crippen LogP contribution in [0.3, 0.4) is 0 Å². The molecule has 0 unspecified atom stereocenters. The van der Waals surface area contributed by atoms with Gasteiger partial charge in [0.05, 0.1) is 18.2 Å². The molecule has 0 aliphatic carbocycles. The van der Waals surface area contributed by atoms with E-state index in [0.717, 1.165) is 0 Å². The number of amides is 1. The first-order valence-corrected chi connectivity index (χ1v) is 7.43. The Morgan fingerprint density at radius 2 is 1.88 bits per heavy atom. The standard InChI is InChI=1S/C15H18F4N2O5/c1-14(2,3)26-13(22)20-10-8-12(25-6-4-5-16)9(15(17,18)19)7-11(10)21(23)24/h7-8H,4-6H2,1-3H3,(H,20,22). The molecule has 0 fully saturated rings. The molecule has 11 heteroatoms. The highest BCUT2D eigenvalue weighted by Gasteiger charge is 2.38. The van der Waals surface area contributed by atoms with Crippen LogP contribution in [0.15, 0.2) is 12.1 Å². The number of alkyl halides is 4. The van der Waals surface area contributed by atoms with E-state index in [9.17, 15) is 32.5 Å². The second-order valence-corrected chi connectivity index (χ2v) is 6.14. The summed E-state index contributed by atoms with van der Waals surface area (Å²) in [4.78, 5) is 21.8. The number of carbonyl (C=O) groups excluding carboxylic acids is 1. The van der Waals surface area contributed by atoms with Crippen LogP contribution in [0.25, 0.3) is 0 Å². The van der Waals surface area contributed by atoms with Crippen molar-refractivity contribution in [3.63, 3.8) is 0 Å². The van der Waals surface area contributed by atoms with Crippen molar-refractivity contribution >= 4 is 17.5 Å². The third-order valence-corrected chi connectivity index (χ3v) is 2.77. The maximum Gasteiger partial charge on any atom is 0.420 e. The number of carbonyl (C=O) groups is 1. The van der Waals surface area contributed by atoms with Crippen molar-refractivity contribution in [1.29, 1.82) is 0 Å². The van der Waals surface area contributed by atoms with E-state index in [-0.39, 0.29) is 19.1 Å². The molecule has 0 aliphatic heterocycles. The molecule has 0 saturated carbocycles. The summed E-state index contributed by atoms with van der Waals surface area (Å²) in [6.07, 6.45) is -6.20. The molecule has 0 aromatic heterocycles. The molecule has 0 bridgehead atoms. The molecular formula is C15H18F4N2O5. The Balaban J connectivity index is 3.32. The zero-order valence-corrected chi connectivity index (χ0v) is 14.3. The third-order valence-electron chi connectivity index (χ3n) is 2.77. The number of rotatable bonds is 6. The first kappa shape index (κ1) is 21.5. The van der Waals surface area contributed by atoms with Crippen LogP contribution in [0, 0.1) is 10.1 Å². The van der Waals surface area contributed by atoms with Gasteiger partial charge in [0.15, 0.2) is 0 Å². The van der Waals surface area contributed by atoms with Gasteiger partial charge in [-0.05, 0) is 20.8 Å². The van der Waals surface area contributed by atoms with Gasteiger partial charge in [-0.3, -0.25) is 19.8 Å². The van der Waals surface area contributed by atoms with Crippen LogP contribution in [0.5, 0.6) is 5.75 Å². The molecule has 7 nitrogen and oxygen atoms in total. The highest BCUT2D eigenvalue weighted by atomic mass is 19.4. The van der Waals surface area contributed by atoms with Crippen LogP contribution in [0.4, 0.5) is 33.7 Å². The Labute approximate surface area is 146 Å². The van der Waals surface area contributed by atoms with E-state index in [1.807, 2.05) is 5.32 Å². The van der Waals surface area contributed by atoms with Gasteiger partial charge in [-0.2, -0.15) is 13.2 Å². The number of benzene rings is 1. The fourth-order valence-corrected chi connectivity index (χ4v) is 1.81. The maximum absolute atomic E-state index is 13.1. The number of hydrogen-bond donors (Lipinski definition) is 1. The van der Waals surface area contributed by atoms with Crippen LogP contribution >= 0.6 is 0 Å². The van der Waals surface area contributed by atoms with Gasteiger partial charge in [0, 0.05) is 18.6 Å². The summed E-state index contributed by atoms with van der Waals surface area (Å²) in [7, 11) is 0. The van der Waals surface area contributed by atoms with Gasteiger partial charge >= 0.3 is 12.3 Å². The van der Waals surface area contributed by atoms with Gasteiger partial charge in [-0.1, -0.05) is 0 Å². The quantitative estimate of drug-likeness (QED) is 0.333. The van der Waals surface area contributed by atoms with Crippen molar-refractivity contribution in [2.24, 2.45) is 0 Å². The van der Waals surface area contributed by atoms with Crippen LogP contribution < -0.4 is 10.1 Å². The van der Waals surface area contributed by atoms with Gasteiger partial charge in [0.2, 0.25) is 0 Å². The highest BCUT2D eigenvalue weighted by molar-refractivity contribution is 5.88. The number of ether oxygens (including phenoxy) is 2. The molecule has 26 heavy (non-hydrogen) atoms. The topological polar surface area (TPSA) is 90.7 Å². The first-order valence-electron chi connectivity index (χ1n) is 7.43. The minimum atomic E-state index is -4.94. The fourth-order valence-electron chi connectivity index (χ4n) is 1.81. The van der Waals surface area contributed by atoms with E-state index in [1.54, 1.807) is 20.8 Å². The smallest absolute Gasteiger partial charge is 0.420 e. The van der Waals surface area contributed by atoms with Crippen molar-refractivity contribution in [3.8, 4) is 5.75 Å². The average molecular weight is 382 g/mol. The van der Waals surface area contributed by atoms with Crippen LogP contribution in [-0.4, -0.2) is 29.9 Å². The first-order chi connectivity index (χ1) is 11.8. The van der Waals surface area contributed by atoms with E-state index in [1.165, 1.54) is 0 Å². The molecule has 0 aliphatic rings. The summed E-state index contributed by atoms with van der Waals surface area (Å²) in [5, 5.41) is 13.1. The Morgan fingerprint density at radius 3 is 2.35 bits per heavy atom. The predicted molar refractivity (Wildman–Crippen MR) is 84.0 cm³/mol. The van der Waals surface area contributed by atoms with Crippen molar-refractivity contribution in [3.05, 3.63) is 27.8 Å². The fraction of sp³-hybridized carbons (Fsp3) is 0.533. The minimum absolute atomic E-state index is 0.164. The summed E-state index contributed by atoms with van der Waals surface area (Å²) >= 11 is 0. The summed E-state index contributed by atoms with van der Waals surface area (Å²) in [6, 6.07) is 0.917. The van der Waals surface area contributed by atoms with Crippen LogP contribution in [-0.2, 0) is 10.9 Å². The number of nitro groups is 1. The van der Waals surface area contributed by atoms with E-state index in [2.05, 4.69) is 0 Å². The molecule has 0 spiro atoms. The second-order valence-electron chi connectivity index (χ2n) is 6.14. The van der Waals surface area contributed by atoms with Crippen LogP contribution in [0.2, 0.25) is 0 Å². The number of halogens is 4. The molecule has 1 amide bonds. The Kier molecular flexibility index (Phi) is 6.76. The molecule has 0 heterocycles. The number of nitrogens with one attached hydrogen (secondary N) is 1. The lowest BCUT2D eigenvalue weighted by atomic mass is 10.1. The zero-order chi connectivity index (χ0) is 20.1. The van der Waals surface area contributed by atoms with Gasteiger partial charge in [0.1, 0.15) is 22.6 Å². The Bertz CT molecular complexity index is 671. The number of hydrogen-bond acceptors (Lipinski definition) is 5. The lowest BCUT2D eigenvalue weighted by Crippen LogP contribution is -2.27. The van der Waals surface area contributed by atoms with Gasteiger partial charge in [-0.15, -0.1) is 0 Å². The molecule has 146 valence electrons. The molecule has 0 radical (unpaired) electrons. The summed E-state index contributed by atoms with van der Waals surface area (Å²) in [5.41, 5.74) is -3.85. The maximum atomic E-state index is 13.1. The molecule has 1 rings (SSSR count). The van der Waals surface area contributed by atoms with Gasteiger partial charge in [0.25, 0.3) is 5.69 Å². The van der Waals surface area contributed by atoms with E-state index < -0.39 is 52.2 Å². The lowest BCUT2D eigenvalue weighted by molar-refractivity contribution is -0.384. The molecule has 1 aromatic carbocycles. The number of nitro benzene ring substituents is 1.